The van der Waals surface area contributed by atoms with E-state index in [1.165, 1.54) is 0 Å². The lowest BCUT2D eigenvalue weighted by molar-refractivity contribution is -0.121. The van der Waals surface area contributed by atoms with E-state index in [1.807, 2.05) is 0 Å². The smallest absolute Gasteiger partial charge is 0.232 e. The lowest BCUT2D eigenvalue weighted by Crippen LogP contribution is -2.37. The molecule has 0 bridgehead atoms. The van der Waals surface area contributed by atoms with Gasteiger partial charge in [0.05, 0.1) is 5.25 Å². The number of piperidine rings is 1. The lowest BCUT2D eigenvalue weighted by Gasteiger charge is -2.16. The first kappa shape index (κ1) is 5.95. The van der Waals surface area contributed by atoms with Crippen molar-refractivity contribution in [2.75, 3.05) is 6.54 Å². The third-order valence-electron chi connectivity index (χ3n) is 1.26. The molecular formula is C5H9NOS. The average molecular weight is 131 g/mol. The first-order valence-corrected chi connectivity index (χ1v) is 3.28. The van der Waals surface area contributed by atoms with Gasteiger partial charge in [0.15, 0.2) is 0 Å². The fourth-order valence-corrected chi connectivity index (χ4v) is 1.03. The van der Waals surface area contributed by atoms with Crippen LogP contribution in [0, 0.1) is 0 Å². The second-order valence-corrected chi connectivity index (χ2v) is 2.57. The van der Waals surface area contributed by atoms with Crippen LogP contribution in [0.3, 0.4) is 0 Å². The molecule has 0 unspecified atom stereocenters. The topological polar surface area (TPSA) is 29.1 Å². The minimum atomic E-state index is -0.0521. The lowest BCUT2D eigenvalue weighted by atomic mass is 10.1. The minimum absolute atomic E-state index is 0.0521. The van der Waals surface area contributed by atoms with Gasteiger partial charge < -0.3 is 5.32 Å². The van der Waals surface area contributed by atoms with Crippen LogP contribution in [0.5, 0.6) is 0 Å². The highest BCUT2D eigenvalue weighted by molar-refractivity contribution is 7.81. The number of nitrogens with one attached hydrogen (secondary N) is 1. The van der Waals surface area contributed by atoms with Gasteiger partial charge in [0.1, 0.15) is 0 Å². The molecule has 1 rings (SSSR count). The van der Waals surface area contributed by atoms with Crippen LogP contribution in [0.4, 0.5) is 0 Å². The van der Waals surface area contributed by atoms with E-state index in [0.717, 1.165) is 19.4 Å². The molecule has 0 aromatic carbocycles. The van der Waals surface area contributed by atoms with Gasteiger partial charge in [-0.25, -0.2) is 0 Å². The number of hydrogen-bond acceptors (Lipinski definition) is 2. The molecule has 1 atom stereocenters. The summed E-state index contributed by atoms with van der Waals surface area (Å²) in [5, 5.41) is 2.66. The summed E-state index contributed by atoms with van der Waals surface area (Å²) in [6.45, 7) is 0.829. The van der Waals surface area contributed by atoms with Crippen molar-refractivity contribution in [3.8, 4) is 0 Å². The van der Waals surface area contributed by atoms with E-state index in [9.17, 15) is 4.79 Å². The van der Waals surface area contributed by atoms with Crippen LogP contribution in [-0.4, -0.2) is 17.7 Å². The number of hydrogen-bond donors (Lipinski definition) is 2. The molecule has 1 saturated heterocycles. The molecule has 3 heteroatoms. The molecule has 1 aliphatic heterocycles. The summed E-state index contributed by atoms with van der Waals surface area (Å²) >= 11 is 4.04. The van der Waals surface area contributed by atoms with Crippen LogP contribution in [0.2, 0.25) is 0 Å². The molecule has 0 saturated carbocycles. The average Bonchev–Trinajstić information content (AvgIpc) is 1.77. The molecule has 1 N–H and O–H groups in total. The summed E-state index contributed by atoms with van der Waals surface area (Å²) in [4.78, 5) is 10.6. The molecule has 46 valence electrons. The zero-order chi connectivity index (χ0) is 5.98. The van der Waals surface area contributed by atoms with Crippen LogP contribution in [0.15, 0.2) is 0 Å². The Morgan fingerprint density at radius 1 is 1.75 bits per heavy atom. The minimum Gasteiger partial charge on any atom is -0.355 e. The number of rotatable bonds is 0. The SMILES string of the molecule is O=C1NCCC[C@H]1S. The molecule has 0 aliphatic carbocycles. The molecule has 8 heavy (non-hydrogen) atoms. The Kier molecular flexibility index (Phi) is 1.78. The molecule has 2 nitrogen and oxygen atoms in total. The number of carbonyl (C=O) groups excluding carboxylic acids is 1. The molecule has 1 heterocycles. The van der Waals surface area contributed by atoms with Gasteiger partial charge in [-0.05, 0) is 12.8 Å². The van der Waals surface area contributed by atoms with E-state index in [4.69, 9.17) is 0 Å². The van der Waals surface area contributed by atoms with Crippen LogP contribution in [0.1, 0.15) is 12.8 Å². The zero-order valence-electron chi connectivity index (χ0n) is 4.55. The molecule has 0 radical (unpaired) electrons. The van der Waals surface area contributed by atoms with Gasteiger partial charge in [-0.1, -0.05) is 0 Å². The van der Waals surface area contributed by atoms with Gasteiger partial charge in [-0.2, -0.15) is 12.6 Å². The van der Waals surface area contributed by atoms with E-state index in [-0.39, 0.29) is 11.2 Å². The van der Waals surface area contributed by atoms with Crippen LogP contribution < -0.4 is 5.32 Å². The van der Waals surface area contributed by atoms with Gasteiger partial charge >= 0.3 is 0 Å². The van der Waals surface area contributed by atoms with E-state index < -0.39 is 0 Å². The maximum Gasteiger partial charge on any atom is 0.232 e. The first-order valence-electron chi connectivity index (χ1n) is 2.76. The molecule has 1 fully saturated rings. The van der Waals surface area contributed by atoms with E-state index in [0.29, 0.717) is 0 Å². The predicted molar refractivity (Wildman–Crippen MR) is 35.0 cm³/mol. The highest BCUT2D eigenvalue weighted by Crippen LogP contribution is 2.07. The molecule has 0 aromatic heterocycles. The molecule has 0 spiro atoms. The standard InChI is InChI=1S/C5H9NOS/c7-5-4(8)2-1-3-6-5/h4,8H,1-3H2,(H,6,7)/t4-/m1/s1. The summed E-state index contributed by atoms with van der Waals surface area (Å²) in [6.07, 6.45) is 1.99. The fraction of sp³-hybridized carbons (Fsp3) is 0.800. The third-order valence-corrected chi connectivity index (χ3v) is 1.75. The van der Waals surface area contributed by atoms with Crippen LogP contribution in [-0.2, 0) is 4.79 Å². The summed E-state index contributed by atoms with van der Waals surface area (Å²) in [7, 11) is 0. The molecule has 0 aromatic rings. The Labute approximate surface area is 54.1 Å². The zero-order valence-corrected chi connectivity index (χ0v) is 5.45. The second kappa shape index (κ2) is 2.40. The van der Waals surface area contributed by atoms with Crippen molar-refractivity contribution in [1.29, 1.82) is 0 Å². The summed E-state index contributed by atoms with van der Waals surface area (Å²) in [6, 6.07) is 0. The quantitative estimate of drug-likeness (QED) is 0.452. The van der Waals surface area contributed by atoms with Crippen molar-refractivity contribution in [2.45, 2.75) is 18.1 Å². The largest absolute Gasteiger partial charge is 0.355 e. The Hall–Kier alpha value is -0.180. The second-order valence-electron chi connectivity index (χ2n) is 1.95. The summed E-state index contributed by atoms with van der Waals surface area (Å²) < 4.78 is 0. The first-order chi connectivity index (χ1) is 3.80. The van der Waals surface area contributed by atoms with Crippen molar-refractivity contribution in [3.63, 3.8) is 0 Å². The Bertz CT molecular complexity index is 105. The summed E-state index contributed by atoms with van der Waals surface area (Å²) in [5.74, 6) is 0.0829. The normalized spacial score (nSPS) is 29.6. The van der Waals surface area contributed by atoms with Crippen molar-refractivity contribution in [3.05, 3.63) is 0 Å². The number of thiol groups is 1. The predicted octanol–water partition coefficient (Wildman–Crippen LogP) is 0.195. The van der Waals surface area contributed by atoms with Crippen molar-refractivity contribution >= 4 is 18.5 Å². The van der Waals surface area contributed by atoms with Gasteiger partial charge in [0.25, 0.3) is 0 Å². The van der Waals surface area contributed by atoms with E-state index >= 15 is 0 Å². The number of carbonyl (C=O) groups is 1. The maximum absolute atomic E-state index is 10.6. The summed E-state index contributed by atoms with van der Waals surface area (Å²) in [5.41, 5.74) is 0. The molecular weight excluding hydrogens is 122 g/mol. The molecule has 1 aliphatic rings. The fourth-order valence-electron chi connectivity index (χ4n) is 0.756. The van der Waals surface area contributed by atoms with Crippen molar-refractivity contribution in [1.82, 2.24) is 5.32 Å². The molecule has 1 amide bonds. The highest BCUT2D eigenvalue weighted by Gasteiger charge is 2.16. The van der Waals surface area contributed by atoms with Crippen molar-refractivity contribution in [2.24, 2.45) is 0 Å². The van der Waals surface area contributed by atoms with Gasteiger partial charge in [-0.3, -0.25) is 4.79 Å². The van der Waals surface area contributed by atoms with Gasteiger partial charge in [0, 0.05) is 6.54 Å². The van der Waals surface area contributed by atoms with Crippen molar-refractivity contribution < 1.29 is 4.79 Å². The van der Waals surface area contributed by atoms with E-state index in [1.54, 1.807) is 0 Å². The third kappa shape index (κ3) is 1.15. The van der Waals surface area contributed by atoms with Crippen LogP contribution >= 0.6 is 12.6 Å². The Morgan fingerprint density at radius 2 is 2.50 bits per heavy atom. The van der Waals surface area contributed by atoms with Crippen LogP contribution in [0.25, 0.3) is 0 Å². The Balaban J connectivity index is 2.39. The Morgan fingerprint density at radius 3 is 2.88 bits per heavy atom. The van der Waals surface area contributed by atoms with E-state index in [2.05, 4.69) is 17.9 Å². The van der Waals surface area contributed by atoms with Gasteiger partial charge in [0.2, 0.25) is 5.91 Å². The maximum atomic E-state index is 10.6. The monoisotopic (exact) mass is 131 g/mol. The highest BCUT2D eigenvalue weighted by atomic mass is 32.1. The number of amides is 1. The van der Waals surface area contributed by atoms with Gasteiger partial charge in [-0.15, -0.1) is 0 Å².